The highest BCUT2D eigenvalue weighted by Crippen LogP contribution is 2.08. The first-order valence-electron chi connectivity index (χ1n) is 7.91. The van der Waals surface area contributed by atoms with Crippen molar-refractivity contribution in [2.45, 2.75) is 20.1 Å². The van der Waals surface area contributed by atoms with Gasteiger partial charge in [-0.1, -0.05) is 30.3 Å². The molecule has 0 amide bonds. The highest BCUT2D eigenvalue weighted by molar-refractivity contribution is 7.07. The summed E-state index contributed by atoms with van der Waals surface area (Å²) in [6, 6.07) is 12.4. The fraction of sp³-hybridized carbons (Fsp3) is 0.389. The van der Waals surface area contributed by atoms with Crippen LogP contribution in [0.3, 0.4) is 0 Å². The molecule has 0 spiro atoms. The molecule has 1 aromatic carbocycles. The maximum Gasteiger partial charge on any atom is 0.194 e. The van der Waals surface area contributed by atoms with Gasteiger partial charge in [-0.3, -0.25) is 4.99 Å². The van der Waals surface area contributed by atoms with Gasteiger partial charge < -0.3 is 15.0 Å². The van der Waals surface area contributed by atoms with Crippen molar-refractivity contribution in [3.05, 3.63) is 58.3 Å². The molecular formula is C18H25N3OS. The second-order valence-electron chi connectivity index (χ2n) is 5.26. The quantitative estimate of drug-likeness (QED) is 0.458. The predicted molar refractivity (Wildman–Crippen MR) is 97.9 cm³/mol. The molecular weight excluding hydrogens is 306 g/mol. The second-order valence-corrected chi connectivity index (χ2v) is 6.04. The molecule has 0 aliphatic rings. The topological polar surface area (TPSA) is 36.9 Å². The normalized spacial score (nSPS) is 11.5. The summed E-state index contributed by atoms with van der Waals surface area (Å²) in [6.45, 7) is 5.72. The number of ether oxygens (including phenoxy) is 1. The standard InChI is InChI=1S/C18H25N3OS/c1-3-19-18(21(2)13-17-9-12-23-15-17)20-10-11-22-14-16-7-5-4-6-8-16/h4-9,12,15H,3,10-11,13-14H2,1-2H3,(H,19,20). The number of thiophene rings is 1. The predicted octanol–water partition coefficient (Wildman–Crippen LogP) is 3.36. The number of nitrogens with one attached hydrogen (secondary N) is 1. The van der Waals surface area contributed by atoms with Gasteiger partial charge in [0.15, 0.2) is 5.96 Å². The van der Waals surface area contributed by atoms with E-state index in [2.05, 4.69) is 58.1 Å². The van der Waals surface area contributed by atoms with Crippen molar-refractivity contribution in [1.82, 2.24) is 10.2 Å². The first-order chi connectivity index (χ1) is 11.3. The van der Waals surface area contributed by atoms with Gasteiger partial charge in [0.25, 0.3) is 0 Å². The molecule has 2 aromatic rings. The molecule has 0 fully saturated rings. The van der Waals surface area contributed by atoms with E-state index in [-0.39, 0.29) is 0 Å². The zero-order chi connectivity index (χ0) is 16.3. The van der Waals surface area contributed by atoms with Crippen LogP contribution in [0.25, 0.3) is 0 Å². The van der Waals surface area contributed by atoms with Crippen LogP contribution >= 0.6 is 11.3 Å². The third kappa shape index (κ3) is 6.42. The fourth-order valence-electron chi connectivity index (χ4n) is 2.18. The van der Waals surface area contributed by atoms with E-state index in [1.165, 1.54) is 11.1 Å². The molecule has 0 aliphatic heterocycles. The van der Waals surface area contributed by atoms with Crippen LogP contribution < -0.4 is 5.32 Å². The molecule has 4 nitrogen and oxygen atoms in total. The lowest BCUT2D eigenvalue weighted by atomic mass is 10.2. The molecule has 1 heterocycles. The number of benzene rings is 1. The lowest BCUT2D eigenvalue weighted by Gasteiger charge is -2.21. The largest absolute Gasteiger partial charge is 0.375 e. The highest BCUT2D eigenvalue weighted by Gasteiger charge is 2.06. The first-order valence-corrected chi connectivity index (χ1v) is 8.86. The maximum atomic E-state index is 5.68. The van der Waals surface area contributed by atoms with Crippen LogP contribution in [-0.4, -0.2) is 37.6 Å². The average molecular weight is 331 g/mol. The zero-order valence-electron chi connectivity index (χ0n) is 13.9. The third-order valence-electron chi connectivity index (χ3n) is 3.31. The number of nitrogens with zero attached hydrogens (tertiary/aromatic N) is 2. The molecule has 0 radical (unpaired) electrons. The Morgan fingerprint density at radius 1 is 1.22 bits per heavy atom. The van der Waals surface area contributed by atoms with E-state index in [0.29, 0.717) is 19.8 Å². The summed E-state index contributed by atoms with van der Waals surface area (Å²) in [7, 11) is 2.06. The van der Waals surface area contributed by atoms with E-state index in [0.717, 1.165) is 19.0 Å². The van der Waals surface area contributed by atoms with Crippen LogP contribution in [0.2, 0.25) is 0 Å². The molecule has 0 unspecified atom stereocenters. The lowest BCUT2D eigenvalue weighted by molar-refractivity contribution is 0.128. The molecule has 124 valence electrons. The zero-order valence-corrected chi connectivity index (χ0v) is 14.7. The average Bonchev–Trinajstić information content (AvgIpc) is 3.07. The molecule has 23 heavy (non-hydrogen) atoms. The van der Waals surface area contributed by atoms with Crippen LogP contribution in [-0.2, 0) is 17.9 Å². The van der Waals surface area contributed by atoms with Crippen LogP contribution in [0.1, 0.15) is 18.1 Å². The summed E-state index contributed by atoms with van der Waals surface area (Å²) < 4.78 is 5.68. The molecule has 0 atom stereocenters. The minimum atomic E-state index is 0.621. The Bertz CT molecular complexity index is 569. The smallest absolute Gasteiger partial charge is 0.194 e. The summed E-state index contributed by atoms with van der Waals surface area (Å²) in [6.07, 6.45) is 0. The number of guanidine groups is 1. The van der Waals surface area contributed by atoms with Crippen molar-refractivity contribution in [2.24, 2.45) is 4.99 Å². The fourth-order valence-corrected chi connectivity index (χ4v) is 2.84. The summed E-state index contributed by atoms with van der Waals surface area (Å²) in [5.41, 5.74) is 2.50. The van der Waals surface area contributed by atoms with Crippen molar-refractivity contribution in [3.63, 3.8) is 0 Å². The molecule has 1 N–H and O–H groups in total. The van der Waals surface area contributed by atoms with Crippen LogP contribution in [0.15, 0.2) is 52.2 Å². The molecule has 1 aromatic heterocycles. The van der Waals surface area contributed by atoms with E-state index in [1.54, 1.807) is 11.3 Å². The van der Waals surface area contributed by atoms with Gasteiger partial charge in [-0.2, -0.15) is 11.3 Å². The molecule has 0 aliphatic carbocycles. The van der Waals surface area contributed by atoms with Gasteiger partial charge in [0.2, 0.25) is 0 Å². The highest BCUT2D eigenvalue weighted by atomic mass is 32.1. The number of aliphatic imine (C=N–C) groups is 1. The van der Waals surface area contributed by atoms with E-state index < -0.39 is 0 Å². The third-order valence-corrected chi connectivity index (χ3v) is 4.04. The Morgan fingerprint density at radius 3 is 2.74 bits per heavy atom. The van der Waals surface area contributed by atoms with Crippen LogP contribution in [0, 0.1) is 0 Å². The maximum absolute atomic E-state index is 5.68. The Morgan fingerprint density at radius 2 is 2.04 bits per heavy atom. The summed E-state index contributed by atoms with van der Waals surface area (Å²) in [5.74, 6) is 0.919. The van der Waals surface area contributed by atoms with E-state index in [1.807, 2.05) is 18.2 Å². The summed E-state index contributed by atoms with van der Waals surface area (Å²) in [4.78, 5) is 6.78. The van der Waals surface area contributed by atoms with Crippen molar-refractivity contribution >= 4 is 17.3 Å². The number of rotatable bonds is 8. The van der Waals surface area contributed by atoms with Gasteiger partial charge in [0, 0.05) is 20.1 Å². The van der Waals surface area contributed by atoms with Crippen molar-refractivity contribution in [3.8, 4) is 0 Å². The Hall–Kier alpha value is -1.85. The first kappa shape index (κ1) is 17.5. The monoisotopic (exact) mass is 331 g/mol. The van der Waals surface area contributed by atoms with Crippen molar-refractivity contribution < 1.29 is 4.74 Å². The molecule has 0 saturated heterocycles. The summed E-state index contributed by atoms with van der Waals surface area (Å²) in [5, 5.41) is 7.60. The Kier molecular flexibility index (Phi) is 7.63. The van der Waals surface area contributed by atoms with E-state index >= 15 is 0 Å². The molecule has 0 saturated carbocycles. The van der Waals surface area contributed by atoms with Gasteiger partial charge in [-0.05, 0) is 34.9 Å². The second kappa shape index (κ2) is 10.0. The lowest BCUT2D eigenvalue weighted by Crippen LogP contribution is -2.38. The van der Waals surface area contributed by atoms with Crippen molar-refractivity contribution in [1.29, 1.82) is 0 Å². The van der Waals surface area contributed by atoms with E-state index in [4.69, 9.17) is 4.74 Å². The van der Waals surface area contributed by atoms with Gasteiger partial charge in [0.05, 0.1) is 19.8 Å². The Labute approximate surface area is 142 Å². The molecule has 0 bridgehead atoms. The van der Waals surface area contributed by atoms with Gasteiger partial charge in [-0.15, -0.1) is 0 Å². The minimum Gasteiger partial charge on any atom is -0.375 e. The molecule has 2 rings (SSSR count). The van der Waals surface area contributed by atoms with Crippen molar-refractivity contribution in [2.75, 3.05) is 26.7 Å². The number of hydrogen-bond acceptors (Lipinski definition) is 3. The SMILES string of the molecule is CCNC(=NCCOCc1ccccc1)N(C)Cc1ccsc1. The summed E-state index contributed by atoms with van der Waals surface area (Å²) >= 11 is 1.72. The van der Waals surface area contributed by atoms with Gasteiger partial charge in [-0.25, -0.2) is 0 Å². The van der Waals surface area contributed by atoms with Crippen LogP contribution in [0.4, 0.5) is 0 Å². The van der Waals surface area contributed by atoms with E-state index in [9.17, 15) is 0 Å². The number of hydrogen-bond donors (Lipinski definition) is 1. The Balaban J connectivity index is 1.76. The van der Waals surface area contributed by atoms with Gasteiger partial charge >= 0.3 is 0 Å². The van der Waals surface area contributed by atoms with Gasteiger partial charge in [0.1, 0.15) is 0 Å². The molecule has 5 heteroatoms. The van der Waals surface area contributed by atoms with Crippen LogP contribution in [0.5, 0.6) is 0 Å². The minimum absolute atomic E-state index is 0.621.